The minimum absolute atomic E-state index is 0.871. The van der Waals surface area contributed by atoms with Gasteiger partial charge in [0.1, 0.15) is 5.82 Å². The summed E-state index contributed by atoms with van der Waals surface area (Å²) < 4.78 is 0. The van der Waals surface area contributed by atoms with E-state index in [1.165, 1.54) is 43.1 Å². The highest BCUT2D eigenvalue weighted by atomic mass is 15.2. The van der Waals surface area contributed by atoms with Gasteiger partial charge in [0.05, 0.1) is 17.1 Å². The Kier molecular flexibility index (Phi) is 7.81. The van der Waals surface area contributed by atoms with Gasteiger partial charge >= 0.3 is 0 Å². The molecule has 0 bridgehead atoms. The molecule has 9 aromatic carbocycles. The lowest BCUT2D eigenvalue weighted by molar-refractivity contribution is 1.19. The molecule has 0 saturated heterocycles. The van der Waals surface area contributed by atoms with Crippen molar-refractivity contribution >= 4 is 77.3 Å². The van der Waals surface area contributed by atoms with Crippen LogP contribution in [-0.2, 0) is 0 Å². The monoisotopic (exact) mass is 689 g/mol. The molecule has 1 heterocycles. The van der Waals surface area contributed by atoms with Crippen molar-refractivity contribution in [3.63, 3.8) is 0 Å². The van der Waals surface area contributed by atoms with Crippen molar-refractivity contribution in [3.8, 4) is 11.3 Å². The Morgan fingerprint density at radius 3 is 1.48 bits per heavy atom. The van der Waals surface area contributed by atoms with Crippen LogP contribution in [0.3, 0.4) is 0 Å². The lowest BCUT2D eigenvalue weighted by Gasteiger charge is -2.27. The molecule has 0 aliphatic carbocycles. The minimum atomic E-state index is 0.871. The number of fused-ring (bicyclic) bond motifs is 5. The van der Waals surface area contributed by atoms with Gasteiger partial charge in [0.25, 0.3) is 0 Å². The second-order valence-electron chi connectivity index (χ2n) is 13.6. The van der Waals surface area contributed by atoms with Crippen molar-refractivity contribution in [1.29, 1.82) is 0 Å². The van der Waals surface area contributed by atoms with E-state index in [2.05, 4.69) is 222 Å². The summed E-state index contributed by atoms with van der Waals surface area (Å²) in [6, 6.07) is 75.7. The Morgan fingerprint density at radius 1 is 0.296 bits per heavy atom. The van der Waals surface area contributed by atoms with Crippen LogP contribution in [-0.4, -0.2) is 4.98 Å². The Morgan fingerprint density at radius 2 is 0.815 bits per heavy atom. The molecule has 0 aliphatic heterocycles. The second kappa shape index (κ2) is 13.4. The molecule has 10 rings (SSSR count). The maximum Gasteiger partial charge on any atom is 0.138 e. The van der Waals surface area contributed by atoms with Gasteiger partial charge in [-0.25, -0.2) is 4.98 Å². The Balaban J connectivity index is 1.05. The van der Waals surface area contributed by atoms with Crippen LogP contribution in [0.15, 0.2) is 212 Å². The van der Waals surface area contributed by atoms with Crippen molar-refractivity contribution in [2.24, 2.45) is 0 Å². The number of benzene rings is 9. The number of pyridine rings is 1. The fourth-order valence-electron chi connectivity index (χ4n) is 7.85. The molecule has 0 saturated carbocycles. The van der Waals surface area contributed by atoms with Crippen LogP contribution in [0, 0.1) is 0 Å². The summed E-state index contributed by atoms with van der Waals surface area (Å²) in [7, 11) is 0. The van der Waals surface area contributed by atoms with E-state index < -0.39 is 0 Å². The molecule has 54 heavy (non-hydrogen) atoms. The normalized spacial score (nSPS) is 11.3. The Labute approximate surface area is 314 Å². The zero-order valence-corrected chi connectivity index (χ0v) is 29.5. The van der Waals surface area contributed by atoms with E-state index in [4.69, 9.17) is 4.98 Å². The SMILES string of the molecule is c1ccc(N(c2ccc3c(ccc4cc(-c5cccc(N(c6ccccc6)c6cccc7ccccc67)n5)ccc43)c2)c2cccc3ccccc23)cc1. The summed E-state index contributed by atoms with van der Waals surface area (Å²) in [6.45, 7) is 0. The first-order chi connectivity index (χ1) is 26.8. The third-order valence-corrected chi connectivity index (χ3v) is 10.4. The first kappa shape index (κ1) is 31.5. The second-order valence-corrected chi connectivity index (χ2v) is 13.6. The van der Waals surface area contributed by atoms with Gasteiger partial charge < -0.3 is 4.90 Å². The highest BCUT2D eigenvalue weighted by molar-refractivity contribution is 6.10. The average Bonchev–Trinajstić information content (AvgIpc) is 3.24. The third-order valence-electron chi connectivity index (χ3n) is 10.4. The number of aromatic nitrogens is 1. The lowest BCUT2D eigenvalue weighted by Crippen LogP contribution is -2.12. The topological polar surface area (TPSA) is 19.4 Å². The molecule has 0 unspecified atom stereocenters. The lowest BCUT2D eigenvalue weighted by atomic mass is 9.98. The van der Waals surface area contributed by atoms with E-state index in [-0.39, 0.29) is 0 Å². The van der Waals surface area contributed by atoms with Crippen molar-refractivity contribution in [3.05, 3.63) is 212 Å². The van der Waals surface area contributed by atoms with Crippen LogP contribution >= 0.6 is 0 Å². The molecule has 0 radical (unpaired) electrons. The number of para-hydroxylation sites is 2. The van der Waals surface area contributed by atoms with Crippen LogP contribution in [0.25, 0.3) is 54.3 Å². The van der Waals surface area contributed by atoms with Gasteiger partial charge in [-0.2, -0.15) is 0 Å². The molecular formula is C51H35N3. The van der Waals surface area contributed by atoms with E-state index in [1.54, 1.807) is 0 Å². The largest absolute Gasteiger partial charge is 0.310 e. The first-order valence-corrected chi connectivity index (χ1v) is 18.4. The van der Waals surface area contributed by atoms with Crippen molar-refractivity contribution in [2.75, 3.05) is 9.80 Å². The summed E-state index contributed by atoms with van der Waals surface area (Å²) in [5.74, 6) is 0.871. The number of nitrogens with zero attached hydrogens (tertiary/aromatic N) is 3. The van der Waals surface area contributed by atoms with Crippen LogP contribution < -0.4 is 9.80 Å². The molecule has 3 nitrogen and oxygen atoms in total. The van der Waals surface area contributed by atoms with Crippen LogP contribution in [0.5, 0.6) is 0 Å². The van der Waals surface area contributed by atoms with E-state index in [9.17, 15) is 0 Å². The molecule has 0 fully saturated rings. The molecule has 0 N–H and O–H groups in total. The van der Waals surface area contributed by atoms with Crippen LogP contribution in [0.4, 0.5) is 34.3 Å². The zero-order chi connectivity index (χ0) is 35.8. The molecular weight excluding hydrogens is 655 g/mol. The molecule has 0 aliphatic rings. The Bertz CT molecular complexity index is 2940. The average molecular weight is 690 g/mol. The predicted octanol–water partition coefficient (Wildman–Crippen LogP) is 14.3. The molecule has 10 aromatic rings. The zero-order valence-electron chi connectivity index (χ0n) is 29.5. The molecule has 1 aromatic heterocycles. The van der Waals surface area contributed by atoms with Gasteiger partial charge in [0.2, 0.25) is 0 Å². The van der Waals surface area contributed by atoms with E-state index >= 15 is 0 Å². The maximum absolute atomic E-state index is 5.30. The van der Waals surface area contributed by atoms with E-state index in [1.807, 2.05) is 0 Å². The number of hydrogen-bond donors (Lipinski definition) is 0. The van der Waals surface area contributed by atoms with Gasteiger partial charge in [0, 0.05) is 33.4 Å². The minimum Gasteiger partial charge on any atom is -0.310 e. The highest BCUT2D eigenvalue weighted by Crippen LogP contribution is 2.42. The van der Waals surface area contributed by atoms with E-state index in [0.29, 0.717) is 0 Å². The number of anilines is 6. The van der Waals surface area contributed by atoms with Crippen molar-refractivity contribution < 1.29 is 0 Å². The standard InChI is InChI=1S/C51H35N3/c1-3-18-41(19-4-1)53(49-25-11-16-36-14-7-9-22-46(36)49)43-31-33-45-39(35-43)29-28-38-34-40(30-32-44(38)45)48-24-13-27-51(52-48)54(42-20-5-2-6-21-42)50-26-12-17-37-15-8-10-23-47(37)50/h1-35H. The van der Waals surface area contributed by atoms with Gasteiger partial charge in [-0.15, -0.1) is 0 Å². The summed E-state index contributed by atoms with van der Waals surface area (Å²) in [5.41, 5.74) is 7.58. The van der Waals surface area contributed by atoms with Crippen LogP contribution in [0.1, 0.15) is 0 Å². The van der Waals surface area contributed by atoms with Gasteiger partial charge in [0.15, 0.2) is 0 Å². The fourth-order valence-corrected chi connectivity index (χ4v) is 7.85. The molecule has 254 valence electrons. The maximum atomic E-state index is 5.30. The first-order valence-electron chi connectivity index (χ1n) is 18.4. The molecule has 0 amide bonds. The number of rotatable bonds is 7. The van der Waals surface area contributed by atoms with Gasteiger partial charge in [-0.3, -0.25) is 4.90 Å². The quantitative estimate of drug-likeness (QED) is 0.155. The predicted molar refractivity (Wildman–Crippen MR) is 229 cm³/mol. The smallest absolute Gasteiger partial charge is 0.138 e. The van der Waals surface area contributed by atoms with Crippen LogP contribution in [0.2, 0.25) is 0 Å². The summed E-state index contributed by atoms with van der Waals surface area (Å²) >= 11 is 0. The summed E-state index contributed by atoms with van der Waals surface area (Å²) in [4.78, 5) is 9.93. The molecule has 0 atom stereocenters. The molecule has 0 spiro atoms. The van der Waals surface area contributed by atoms with Gasteiger partial charge in [-0.1, -0.05) is 146 Å². The van der Waals surface area contributed by atoms with Gasteiger partial charge in [-0.05, 0) is 99.0 Å². The third kappa shape index (κ3) is 5.60. The summed E-state index contributed by atoms with van der Waals surface area (Å²) in [5, 5.41) is 9.64. The Hall–Kier alpha value is -7.23. The summed E-state index contributed by atoms with van der Waals surface area (Å²) in [6.07, 6.45) is 0. The van der Waals surface area contributed by atoms with Crippen molar-refractivity contribution in [2.45, 2.75) is 0 Å². The highest BCUT2D eigenvalue weighted by Gasteiger charge is 2.18. The van der Waals surface area contributed by atoms with Crippen molar-refractivity contribution in [1.82, 2.24) is 4.98 Å². The van der Waals surface area contributed by atoms with E-state index in [0.717, 1.165) is 45.5 Å². The number of hydrogen-bond acceptors (Lipinski definition) is 3. The fraction of sp³-hybridized carbons (Fsp3) is 0. The molecule has 3 heteroatoms.